The average Bonchev–Trinajstić information content (AvgIpc) is 2.38. The molecule has 0 saturated carbocycles. The van der Waals surface area contributed by atoms with Crippen molar-refractivity contribution in [2.75, 3.05) is 27.2 Å². The van der Waals surface area contributed by atoms with Crippen LogP contribution in [-0.2, 0) is 6.54 Å². The van der Waals surface area contributed by atoms with Crippen LogP contribution in [0.4, 0.5) is 0 Å². The summed E-state index contributed by atoms with van der Waals surface area (Å²) >= 11 is 0. The fourth-order valence-electron chi connectivity index (χ4n) is 2.43. The first-order chi connectivity index (χ1) is 9.92. The molecule has 0 saturated heterocycles. The van der Waals surface area contributed by atoms with E-state index in [1.165, 1.54) is 0 Å². The largest absolute Gasteiger partial charge is 0.504 e. The molecule has 0 aliphatic rings. The van der Waals surface area contributed by atoms with Gasteiger partial charge in [-0.3, -0.25) is 0 Å². The molecule has 1 atom stereocenters. The summed E-state index contributed by atoms with van der Waals surface area (Å²) in [5.41, 5.74) is 1.13. The highest BCUT2D eigenvalue weighted by molar-refractivity contribution is 5.41. The van der Waals surface area contributed by atoms with Gasteiger partial charge in [0.05, 0.1) is 6.61 Å². The van der Waals surface area contributed by atoms with Gasteiger partial charge in [0.2, 0.25) is 0 Å². The van der Waals surface area contributed by atoms with Gasteiger partial charge in [0.1, 0.15) is 0 Å². The summed E-state index contributed by atoms with van der Waals surface area (Å²) in [4.78, 5) is 2.21. The number of nitrogens with zero attached hydrogens (tertiary/aromatic N) is 1. The number of hydrogen-bond donors (Lipinski definition) is 2. The third kappa shape index (κ3) is 6.82. The molecule has 21 heavy (non-hydrogen) atoms. The van der Waals surface area contributed by atoms with E-state index >= 15 is 0 Å². The Morgan fingerprint density at radius 2 is 2.00 bits per heavy atom. The Labute approximate surface area is 129 Å². The van der Waals surface area contributed by atoms with Crippen molar-refractivity contribution < 1.29 is 9.84 Å². The molecule has 120 valence electrons. The van der Waals surface area contributed by atoms with E-state index in [1.54, 1.807) is 6.07 Å². The van der Waals surface area contributed by atoms with Crippen molar-refractivity contribution in [1.29, 1.82) is 0 Å². The van der Waals surface area contributed by atoms with Crippen molar-refractivity contribution >= 4 is 0 Å². The Hall–Kier alpha value is -1.26. The van der Waals surface area contributed by atoms with Crippen molar-refractivity contribution in [2.45, 2.75) is 39.8 Å². The molecule has 0 aliphatic heterocycles. The van der Waals surface area contributed by atoms with Crippen LogP contribution in [0.5, 0.6) is 11.5 Å². The number of likely N-dealkylation sites (N-methyl/N-ethyl adjacent to an activating group) is 1. The minimum absolute atomic E-state index is 0.202. The minimum atomic E-state index is 0.202. The number of benzene rings is 1. The summed E-state index contributed by atoms with van der Waals surface area (Å²) in [5.74, 6) is 1.43. The van der Waals surface area contributed by atoms with Crippen LogP contribution in [0.15, 0.2) is 18.2 Å². The quantitative estimate of drug-likeness (QED) is 0.735. The molecule has 1 aromatic carbocycles. The zero-order valence-electron chi connectivity index (χ0n) is 14.0. The van der Waals surface area contributed by atoms with E-state index in [9.17, 15) is 5.11 Å². The fourth-order valence-corrected chi connectivity index (χ4v) is 2.43. The SMILES string of the molecule is CCOc1cc(CNC(CC(C)C)CN(C)C)ccc1O. The zero-order chi connectivity index (χ0) is 15.8. The molecule has 1 aromatic rings. The Balaban J connectivity index is 2.64. The van der Waals surface area contributed by atoms with Crippen LogP contribution in [0.1, 0.15) is 32.8 Å². The Bertz CT molecular complexity index is 409. The van der Waals surface area contributed by atoms with E-state index in [0.29, 0.717) is 24.3 Å². The molecule has 1 rings (SSSR count). The molecule has 0 radical (unpaired) electrons. The maximum absolute atomic E-state index is 9.73. The van der Waals surface area contributed by atoms with E-state index < -0.39 is 0 Å². The van der Waals surface area contributed by atoms with E-state index in [0.717, 1.165) is 25.1 Å². The summed E-state index contributed by atoms with van der Waals surface area (Å²) in [6.07, 6.45) is 1.15. The summed E-state index contributed by atoms with van der Waals surface area (Å²) < 4.78 is 5.43. The lowest BCUT2D eigenvalue weighted by atomic mass is 10.0. The van der Waals surface area contributed by atoms with Crippen LogP contribution in [0.25, 0.3) is 0 Å². The molecule has 4 heteroatoms. The number of hydrogen-bond acceptors (Lipinski definition) is 4. The highest BCUT2D eigenvalue weighted by Crippen LogP contribution is 2.26. The van der Waals surface area contributed by atoms with Gasteiger partial charge in [-0.15, -0.1) is 0 Å². The molecule has 0 amide bonds. The lowest BCUT2D eigenvalue weighted by Gasteiger charge is -2.24. The lowest BCUT2D eigenvalue weighted by Crippen LogP contribution is -2.38. The second kappa shape index (κ2) is 8.90. The Morgan fingerprint density at radius 3 is 2.57 bits per heavy atom. The first-order valence-electron chi connectivity index (χ1n) is 7.75. The third-order valence-corrected chi connectivity index (χ3v) is 3.26. The molecular weight excluding hydrogens is 264 g/mol. The maximum atomic E-state index is 9.73. The van der Waals surface area contributed by atoms with Gasteiger partial charge in [0, 0.05) is 19.1 Å². The first kappa shape index (κ1) is 17.8. The van der Waals surface area contributed by atoms with Crippen LogP contribution in [-0.4, -0.2) is 43.3 Å². The summed E-state index contributed by atoms with van der Waals surface area (Å²) in [7, 11) is 4.20. The predicted molar refractivity (Wildman–Crippen MR) is 87.9 cm³/mol. The highest BCUT2D eigenvalue weighted by atomic mass is 16.5. The molecule has 4 nitrogen and oxygen atoms in total. The van der Waals surface area contributed by atoms with Gasteiger partial charge in [-0.05, 0) is 51.1 Å². The van der Waals surface area contributed by atoms with Crippen LogP contribution in [0.2, 0.25) is 0 Å². The van der Waals surface area contributed by atoms with E-state index in [4.69, 9.17) is 4.74 Å². The average molecular weight is 294 g/mol. The second-order valence-corrected chi connectivity index (χ2v) is 6.20. The smallest absolute Gasteiger partial charge is 0.161 e. The van der Waals surface area contributed by atoms with Gasteiger partial charge in [-0.25, -0.2) is 0 Å². The van der Waals surface area contributed by atoms with Crippen LogP contribution in [0.3, 0.4) is 0 Å². The number of phenols is 1. The predicted octanol–water partition coefficient (Wildman–Crippen LogP) is 2.86. The normalized spacial score (nSPS) is 12.9. The lowest BCUT2D eigenvalue weighted by molar-refractivity contribution is 0.303. The van der Waals surface area contributed by atoms with Gasteiger partial charge < -0.3 is 20.1 Å². The van der Waals surface area contributed by atoms with Crippen molar-refractivity contribution in [3.8, 4) is 11.5 Å². The Morgan fingerprint density at radius 1 is 1.29 bits per heavy atom. The standard InChI is InChI=1S/C17H30N2O2/c1-6-21-17-10-14(7-8-16(17)20)11-18-15(9-13(2)3)12-19(4)5/h7-8,10,13,15,18,20H,6,9,11-12H2,1-5H3. The van der Waals surface area contributed by atoms with Gasteiger partial charge in [0.25, 0.3) is 0 Å². The Kier molecular flexibility index (Phi) is 7.54. The molecule has 0 aromatic heterocycles. The zero-order valence-corrected chi connectivity index (χ0v) is 14.0. The van der Waals surface area contributed by atoms with E-state index in [2.05, 4.69) is 38.2 Å². The van der Waals surface area contributed by atoms with Crippen LogP contribution >= 0.6 is 0 Å². The number of ether oxygens (including phenoxy) is 1. The number of rotatable bonds is 9. The highest BCUT2D eigenvalue weighted by Gasteiger charge is 2.12. The van der Waals surface area contributed by atoms with Crippen molar-refractivity contribution in [1.82, 2.24) is 10.2 Å². The van der Waals surface area contributed by atoms with E-state index in [-0.39, 0.29) is 5.75 Å². The summed E-state index contributed by atoms with van der Waals surface area (Å²) in [6, 6.07) is 6.01. The topological polar surface area (TPSA) is 44.7 Å². The molecule has 1 unspecified atom stereocenters. The first-order valence-corrected chi connectivity index (χ1v) is 7.75. The number of aromatic hydroxyl groups is 1. The molecule has 0 heterocycles. The maximum Gasteiger partial charge on any atom is 0.161 e. The summed E-state index contributed by atoms with van der Waals surface area (Å²) in [5, 5.41) is 13.3. The number of nitrogens with one attached hydrogen (secondary N) is 1. The van der Waals surface area contributed by atoms with Gasteiger partial charge >= 0.3 is 0 Å². The molecule has 0 spiro atoms. The van der Waals surface area contributed by atoms with Crippen molar-refractivity contribution in [2.24, 2.45) is 5.92 Å². The van der Waals surface area contributed by atoms with Gasteiger partial charge in [-0.1, -0.05) is 19.9 Å². The molecule has 0 aliphatic carbocycles. The van der Waals surface area contributed by atoms with Crippen molar-refractivity contribution in [3.63, 3.8) is 0 Å². The third-order valence-electron chi connectivity index (χ3n) is 3.26. The van der Waals surface area contributed by atoms with Crippen LogP contribution < -0.4 is 10.1 Å². The second-order valence-electron chi connectivity index (χ2n) is 6.20. The van der Waals surface area contributed by atoms with Gasteiger partial charge in [0.15, 0.2) is 11.5 Å². The van der Waals surface area contributed by atoms with Crippen LogP contribution in [0, 0.1) is 5.92 Å². The molecule has 0 bridgehead atoms. The molecule has 0 fully saturated rings. The van der Waals surface area contributed by atoms with Crippen molar-refractivity contribution in [3.05, 3.63) is 23.8 Å². The number of phenolic OH excluding ortho intramolecular Hbond substituents is 1. The fraction of sp³-hybridized carbons (Fsp3) is 0.647. The monoisotopic (exact) mass is 294 g/mol. The minimum Gasteiger partial charge on any atom is -0.504 e. The van der Waals surface area contributed by atoms with E-state index in [1.807, 2.05) is 19.1 Å². The molecule has 2 N–H and O–H groups in total. The van der Waals surface area contributed by atoms with Gasteiger partial charge in [-0.2, -0.15) is 0 Å². The molecular formula is C17H30N2O2. The summed E-state index contributed by atoms with van der Waals surface area (Å²) in [6.45, 7) is 8.78.